The third-order valence-corrected chi connectivity index (χ3v) is 5.47. The Kier molecular flexibility index (Phi) is 5.66. The molecule has 2 aromatic rings. The normalized spacial score (nSPS) is 15.6. The molecule has 0 saturated carbocycles. The largest absolute Gasteiger partial charge is 0.494 e. The molecule has 0 spiro atoms. The first-order valence-corrected chi connectivity index (χ1v) is 9.79. The van der Waals surface area contributed by atoms with Gasteiger partial charge in [0, 0.05) is 29.1 Å². The van der Waals surface area contributed by atoms with Gasteiger partial charge in [0.2, 0.25) is 5.91 Å². The predicted octanol–water partition coefficient (Wildman–Crippen LogP) is 3.19. The summed E-state index contributed by atoms with van der Waals surface area (Å²) >= 11 is 1.53. The highest BCUT2D eigenvalue weighted by Crippen LogP contribution is 2.32. The first-order chi connectivity index (χ1) is 12.5. The standard InChI is InChI=1S/C19H23N3O3S/c1-4-16-12(3)20-19-22(18(16)24)14(11-26-19)10-17(23)21-13-6-8-15(9-7-13)25-5-2/h6-9,14H,4-5,10-11H2,1-3H3,(H,21,23). The molecule has 0 bridgehead atoms. The average molecular weight is 373 g/mol. The molecule has 0 fully saturated rings. The second-order valence-electron chi connectivity index (χ2n) is 6.16. The molecule has 1 aliphatic rings. The van der Waals surface area contributed by atoms with Gasteiger partial charge in [-0.15, -0.1) is 0 Å². The van der Waals surface area contributed by atoms with Crippen LogP contribution in [0.1, 0.15) is 37.6 Å². The van der Waals surface area contributed by atoms with Crippen LogP contribution in [0.2, 0.25) is 0 Å². The number of nitrogens with one attached hydrogen (secondary N) is 1. The Hall–Kier alpha value is -2.28. The minimum Gasteiger partial charge on any atom is -0.494 e. The molecule has 6 nitrogen and oxygen atoms in total. The predicted molar refractivity (Wildman–Crippen MR) is 103 cm³/mol. The molecule has 1 unspecified atom stereocenters. The van der Waals surface area contributed by atoms with Crippen molar-refractivity contribution in [2.45, 2.75) is 44.8 Å². The smallest absolute Gasteiger partial charge is 0.257 e. The molecule has 2 heterocycles. The zero-order chi connectivity index (χ0) is 18.7. The summed E-state index contributed by atoms with van der Waals surface area (Å²) in [6, 6.07) is 7.11. The van der Waals surface area contributed by atoms with Gasteiger partial charge in [-0.2, -0.15) is 0 Å². The van der Waals surface area contributed by atoms with E-state index in [1.807, 2.05) is 45.0 Å². The fourth-order valence-corrected chi connectivity index (χ4v) is 4.29. The molecule has 3 rings (SSSR count). The molecule has 1 amide bonds. The molecule has 0 aliphatic carbocycles. The number of thioether (sulfide) groups is 1. The first kappa shape index (κ1) is 18.5. The van der Waals surface area contributed by atoms with E-state index in [-0.39, 0.29) is 23.9 Å². The zero-order valence-electron chi connectivity index (χ0n) is 15.2. The minimum absolute atomic E-state index is 0.0149. The topological polar surface area (TPSA) is 73.2 Å². The monoisotopic (exact) mass is 373 g/mol. The van der Waals surface area contributed by atoms with Crippen molar-refractivity contribution in [2.75, 3.05) is 17.7 Å². The third kappa shape index (κ3) is 3.77. The van der Waals surface area contributed by atoms with Crippen LogP contribution in [-0.2, 0) is 11.2 Å². The maximum Gasteiger partial charge on any atom is 0.257 e. The number of carbonyl (C=O) groups is 1. The molecule has 138 valence electrons. The lowest BCUT2D eigenvalue weighted by Crippen LogP contribution is -2.30. The van der Waals surface area contributed by atoms with Gasteiger partial charge in [0.25, 0.3) is 5.56 Å². The van der Waals surface area contributed by atoms with E-state index in [4.69, 9.17) is 4.74 Å². The number of aromatic nitrogens is 2. The van der Waals surface area contributed by atoms with Gasteiger partial charge in [-0.3, -0.25) is 14.2 Å². The van der Waals surface area contributed by atoms with E-state index in [0.29, 0.717) is 29.6 Å². The molecule has 1 aromatic carbocycles. The van der Waals surface area contributed by atoms with Crippen LogP contribution in [0, 0.1) is 6.92 Å². The van der Waals surface area contributed by atoms with Crippen LogP contribution in [0.5, 0.6) is 5.75 Å². The summed E-state index contributed by atoms with van der Waals surface area (Å²) in [5.41, 5.74) is 2.22. The number of aryl methyl sites for hydroxylation is 1. The van der Waals surface area contributed by atoms with Crippen molar-refractivity contribution in [3.8, 4) is 5.75 Å². The van der Waals surface area contributed by atoms with E-state index >= 15 is 0 Å². The van der Waals surface area contributed by atoms with E-state index in [1.54, 1.807) is 4.57 Å². The molecule has 0 saturated heterocycles. The van der Waals surface area contributed by atoms with Crippen LogP contribution in [0.3, 0.4) is 0 Å². The zero-order valence-corrected chi connectivity index (χ0v) is 16.1. The van der Waals surface area contributed by atoms with Gasteiger partial charge in [-0.1, -0.05) is 18.7 Å². The van der Waals surface area contributed by atoms with Gasteiger partial charge in [-0.05, 0) is 44.5 Å². The van der Waals surface area contributed by atoms with Crippen molar-refractivity contribution in [1.82, 2.24) is 9.55 Å². The summed E-state index contributed by atoms with van der Waals surface area (Å²) in [5, 5.41) is 3.60. The average Bonchev–Trinajstić information content (AvgIpc) is 2.99. The number of carbonyl (C=O) groups excluding carboxylic acids is 1. The summed E-state index contributed by atoms with van der Waals surface area (Å²) in [7, 11) is 0. The van der Waals surface area contributed by atoms with Crippen molar-refractivity contribution in [3.05, 3.63) is 45.9 Å². The summed E-state index contributed by atoms with van der Waals surface area (Å²) in [6.45, 7) is 6.35. The number of hydrogen-bond donors (Lipinski definition) is 1. The summed E-state index contributed by atoms with van der Waals surface area (Å²) < 4.78 is 7.09. The maximum absolute atomic E-state index is 12.7. The molecule has 26 heavy (non-hydrogen) atoms. The summed E-state index contributed by atoms with van der Waals surface area (Å²) in [5.74, 6) is 1.34. The van der Waals surface area contributed by atoms with Crippen LogP contribution in [0.25, 0.3) is 0 Å². The van der Waals surface area contributed by atoms with Gasteiger partial charge in [0.1, 0.15) is 5.75 Å². The van der Waals surface area contributed by atoms with Crippen LogP contribution < -0.4 is 15.6 Å². The van der Waals surface area contributed by atoms with Crippen LogP contribution in [0.15, 0.2) is 34.2 Å². The number of ether oxygens (including phenoxy) is 1. The Bertz CT molecular complexity index is 862. The van der Waals surface area contributed by atoms with Gasteiger partial charge in [-0.25, -0.2) is 4.98 Å². The fraction of sp³-hybridized carbons (Fsp3) is 0.421. The molecule has 0 radical (unpaired) electrons. The van der Waals surface area contributed by atoms with E-state index in [9.17, 15) is 9.59 Å². The molecular weight excluding hydrogens is 350 g/mol. The number of fused-ring (bicyclic) bond motifs is 1. The highest BCUT2D eigenvalue weighted by Gasteiger charge is 2.29. The number of rotatable bonds is 6. The summed E-state index contributed by atoms with van der Waals surface area (Å²) in [4.78, 5) is 29.7. The van der Waals surface area contributed by atoms with Crippen LogP contribution >= 0.6 is 11.8 Å². The molecule has 1 aliphatic heterocycles. The number of anilines is 1. The van der Waals surface area contributed by atoms with Gasteiger partial charge >= 0.3 is 0 Å². The second kappa shape index (κ2) is 7.95. The van der Waals surface area contributed by atoms with Crippen LogP contribution in [-0.4, -0.2) is 27.8 Å². The Morgan fingerprint density at radius 2 is 2.08 bits per heavy atom. The fourth-order valence-electron chi connectivity index (χ4n) is 3.11. The highest BCUT2D eigenvalue weighted by molar-refractivity contribution is 7.99. The van der Waals surface area contributed by atoms with Gasteiger partial charge in [0.15, 0.2) is 5.16 Å². The molecular formula is C19H23N3O3S. The maximum atomic E-state index is 12.7. The van der Waals surface area contributed by atoms with Crippen molar-refractivity contribution in [2.24, 2.45) is 0 Å². The van der Waals surface area contributed by atoms with Gasteiger partial charge < -0.3 is 10.1 Å². The number of amides is 1. The highest BCUT2D eigenvalue weighted by atomic mass is 32.2. The molecule has 1 N–H and O–H groups in total. The SMILES string of the molecule is CCOc1ccc(NC(=O)CC2CSc3nc(C)c(CC)c(=O)n32)cc1. The Balaban J connectivity index is 1.71. The third-order valence-electron chi connectivity index (χ3n) is 4.38. The lowest BCUT2D eigenvalue weighted by atomic mass is 10.1. The second-order valence-corrected chi connectivity index (χ2v) is 7.15. The Morgan fingerprint density at radius 1 is 1.35 bits per heavy atom. The lowest BCUT2D eigenvalue weighted by molar-refractivity contribution is -0.116. The molecule has 1 atom stereocenters. The lowest BCUT2D eigenvalue weighted by Gasteiger charge is -2.15. The number of benzene rings is 1. The van der Waals surface area contributed by atoms with Crippen molar-refractivity contribution in [1.29, 1.82) is 0 Å². The minimum atomic E-state index is -0.163. The van der Waals surface area contributed by atoms with E-state index in [2.05, 4.69) is 10.3 Å². The van der Waals surface area contributed by atoms with Crippen LogP contribution in [0.4, 0.5) is 5.69 Å². The molecule has 7 heteroatoms. The van der Waals surface area contributed by atoms with Crippen molar-refractivity contribution in [3.63, 3.8) is 0 Å². The van der Waals surface area contributed by atoms with Crippen molar-refractivity contribution < 1.29 is 9.53 Å². The van der Waals surface area contributed by atoms with E-state index in [1.165, 1.54) is 11.8 Å². The first-order valence-electron chi connectivity index (χ1n) is 8.81. The Labute approximate surface area is 157 Å². The van der Waals surface area contributed by atoms with Gasteiger partial charge in [0.05, 0.1) is 12.6 Å². The number of nitrogens with zero attached hydrogens (tertiary/aromatic N) is 2. The Morgan fingerprint density at radius 3 is 2.73 bits per heavy atom. The summed E-state index contributed by atoms with van der Waals surface area (Å²) in [6.07, 6.45) is 0.898. The van der Waals surface area contributed by atoms with E-state index < -0.39 is 0 Å². The van der Waals surface area contributed by atoms with Crippen molar-refractivity contribution >= 4 is 23.4 Å². The van der Waals surface area contributed by atoms with E-state index in [0.717, 1.165) is 17.0 Å². The molecule has 1 aromatic heterocycles. The number of hydrogen-bond acceptors (Lipinski definition) is 5. The quantitative estimate of drug-likeness (QED) is 0.787.